The Morgan fingerprint density at radius 3 is 1.00 bits per heavy atom. The van der Waals surface area contributed by atoms with Crippen molar-refractivity contribution in [2.24, 2.45) is 0 Å². The quantitative estimate of drug-likeness (QED) is 0.419. The third kappa shape index (κ3) is 48.1. The van der Waals surface area contributed by atoms with Crippen LogP contribution in [0.15, 0.2) is 0 Å². The van der Waals surface area contributed by atoms with E-state index in [1.54, 1.807) is 0 Å². The summed E-state index contributed by atoms with van der Waals surface area (Å²) in [6, 6.07) is 0. The van der Waals surface area contributed by atoms with E-state index in [2.05, 4.69) is 0 Å². The van der Waals surface area contributed by atoms with E-state index in [0.717, 1.165) is 0 Å². The molecule has 0 aliphatic heterocycles. The van der Waals surface area contributed by atoms with Crippen molar-refractivity contribution in [2.75, 3.05) is 0 Å². The summed E-state index contributed by atoms with van der Waals surface area (Å²) in [6.45, 7) is 0. The summed E-state index contributed by atoms with van der Waals surface area (Å²) in [6.07, 6.45) is 0.250. The summed E-state index contributed by atoms with van der Waals surface area (Å²) in [5, 5.41) is 0. The second-order valence-electron chi connectivity index (χ2n) is 0.151. The third-order valence-corrected chi connectivity index (χ3v) is 0. The molecule has 0 rings (SSSR count). The molecule has 0 amide bonds. The van der Waals surface area contributed by atoms with Gasteiger partial charge in [0.15, 0.2) is 0 Å². The van der Waals surface area contributed by atoms with E-state index in [-0.39, 0.29) is 6.15 Å². The van der Waals surface area contributed by atoms with Gasteiger partial charge in [-0.05, 0) is 0 Å². The molecule has 6 nitrogen and oxygen atoms in total. The highest BCUT2D eigenvalue weighted by molar-refractivity contribution is 7.51. The molecule has 0 aromatic rings. The summed E-state index contributed by atoms with van der Waals surface area (Å²) in [4.78, 5) is 30.2. The first-order valence-electron chi connectivity index (χ1n) is 0.908. The van der Waals surface area contributed by atoms with Crippen LogP contribution in [0.1, 0.15) is 0 Å². The molecule has 46 valence electrons. The van der Waals surface area contributed by atoms with Crippen LogP contribution in [-0.4, -0.2) is 14.6 Å². The van der Waals surface area contributed by atoms with Gasteiger partial charge < -0.3 is 0 Å². The molecular weight excluding hydrogens is 140 g/mol. The molecule has 0 aliphatic carbocycles. The SMILES string of the molecule is O=C=O.O=O.O=S=O. The molecule has 0 heterocycles. The molecule has 0 radical (unpaired) electrons. The largest absolute Gasteiger partial charge is 0.373 e. The van der Waals surface area contributed by atoms with Gasteiger partial charge in [-0.1, -0.05) is 0 Å². The van der Waals surface area contributed by atoms with Crippen LogP contribution in [0, 0.1) is 9.93 Å². The Morgan fingerprint density at radius 1 is 1.00 bits per heavy atom. The Balaban J connectivity index is -0.0000000483. The van der Waals surface area contributed by atoms with Crippen LogP contribution in [0.2, 0.25) is 0 Å². The molecule has 0 unspecified atom stereocenters. The minimum atomic E-state index is -0.750. The first kappa shape index (κ1) is 15.8. The zero-order chi connectivity index (χ0) is 7.41. The highest BCUT2D eigenvalue weighted by atomic mass is 32.1. The highest BCUT2D eigenvalue weighted by Crippen LogP contribution is 0.846. The topological polar surface area (TPSA) is 102 Å². The lowest BCUT2D eigenvalue weighted by molar-refractivity contribution is -0.191. The number of hydrogen-bond donors (Lipinski definition) is 0. The van der Waals surface area contributed by atoms with Gasteiger partial charge in [-0.3, -0.25) is 0 Å². The lowest BCUT2D eigenvalue weighted by Crippen LogP contribution is -1.22. The molecule has 0 saturated carbocycles. The summed E-state index contributed by atoms with van der Waals surface area (Å²) in [5.41, 5.74) is 0. The Labute approximate surface area is 46.7 Å². The second-order valence-corrected chi connectivity index (χ2v) is 0.287. The van der Waals surface area contributed by atoms with Crippen molar-refractivity contribution in [3.05, 3.63) is 9.93 Å². The van der Waals surface area contributed by atoms with Gasteiger partial charge in [0.2, 0.25) is 0 Å². The molecule has 0 aliphatic rings. The molecule has 8 heavy (non-hydrogen) atoms. The van der Waals surface area contributed by atoms with Gasteiger partial charge in [-0.2, -0.15) is 18.0 Å². The Hall–Kier alpha value is -1.20. The first-order valence-corrected chi connectivity index (χ1v) is 1.57. The monoisotopic (exact) mass is 140 g/mol. The number of hydrogen-bond acceptors (Lipinski definition) is 6. The minimum absolute atomic E-state index is 0.250. The van der Waals surface area contributed by atoms with Crippen LogP contribution in [0.25, 0.3) is 0 Å². The fraction of sp³-hybridized carbons (Fsp3) is 0. The fourth-order valence-corrected chi connectivity index (χ4v) is 0. The summed E-state index contributed by atoms with van der Waals surface area (Å²) < 4.78 is 16.6. The van der Waals surface area contributed by atoms with Crippen LogP contribution in [0.5, 0.6) is 0 Å². The van der Waals surface area contributed by atoms with E-state index >= 15 is 0 Å². The van der Waals surface area contributed by atoms with Crippen molar-refractivity contribution in [3.8, 4) is 0 Å². The van der Waals surface area contributed by atoms with Crippen LogP contribution >= 0.6 is 0 Å². The molecule has 0 fully saturated rings. The molecule has 0 aromatic heterocycles. The Bertz CT molecular complexity index is 72.7. The van der Waals surface area contributed by atoms with Gasteiger partial charge in [0, 0.05) is 9.93 Å². The number of carbonyl (C=O) groups excluding carboxylic acids is 2. The Kier molecular flexibility index (Phi) is 413. The van der Waals surface area contributed by atoms with Crippen molar-refractivity contribution >= 4 is 17.7 Å². The second kappa shape index (κ2) is 209. The van der Waals surface area contributed by atoms with Gasteiger partial charge in [-0.25, -0.2) is 0 Å². The van der Waals surface area contributed by atoms with E-state index < -0.39 is 11.6 Å². The molecule has 0 bridgehead atoms. The molecule has 0 aromatic carbocycles. The minimum Gasteiger partial charge on any atom is -0.186 e. The van der Waals surface area contributed by atoms with E-state index in [0.29, 0.717) is 0 Å². The van der Waals surface area contributed by atoms with Crippen LogP contribution in [0.3, 0.4) is 0 Å². The average molecular weight is 140 g/mol. The van der Waals surface area contributed by atoms with Crippen LogP contribution < -0.4 is 0 Å². The maximum Gasteiger partial charge on any atom is 0.373 e. The molecule has 0 saturated heterocycles. The van der Waals surface area contributed by atoms with Gasteiger partial charge in [0.25, 0.3) is 0 Å². The normalized spacial score (nSPS) is 3.00. The number of rotatable bonds is 0. The first-order chi connectivity index (χ1) is 3.83. The summed E-state index contributed by atoms with van der Waals surface area (Å²) in [5.74, 6) is 0. The van der Waals surface area contributed by atoms with Crippen molar-refractivity contribution in [1.29, 1.82) is 0 Å². The lowest BCUT2D eigenvalue weighted by atomic mass is 11.8. The van der Waals surface area contributed by atoms with Crippen molar-refractivity contribution < 1.29 is 18.0 Å². The standard InChI is InChI=1S/CO2.O2S.O2/c2-1-3;1-3-2;1-2. The van der Waals surface area contributed by atoms with Gasteiger partial charge in [0.05, 0.1) is 0 Å². The molecular formula is CO6S. The van der Waals surface area contributed by atoms with Crippen molar-refractivity contribution in [2.45, 2.75) is 0 Å². The fourth-order valence-electron chi connectivity index (χ4n) is 0. The summed E-state index contributed by atoms with van der Waals surface area (Å²) >= 11 is -0.750. The van der Waals surface area contributed by atoms with E-state index in [4.69, 9.17) is 27.9 Å². The van der Waals surface area contributed by atoms with Gasteiger partial charge in [0.1, 0.15) is 0 Å². The smallest absolute Gasteiger partial charge is 0.186 e. The van der Waals surface area contributed by atoms with Crippen LogP contribution in [0.4, 0.5) is 0 Å². The summed E-state index contributed by atoms with van der Waals surface area (Å²) in [7, 11) is 0. The predicted octanol–water partition coefficient (Wildman–Crippen LogP) is -1.19. The van der Waals surface area contributed by atoms with Crippen LogP contribution in [-0.2, 0) is 21.2 Å². The van der Waals surface area contributed by atoms with Gasteiger partial charge >= 0.3 is 17.7 Å². The molecule has 7 heteroatoms. The maximum atomic E-state index is 8.29. The lowest BCUT2D eigenvalue weighted by Gasteiger charge is -0.947. The van der Waals surface area contributed by atoms with Crippen molar-refractivity contribution in [1.82, 2.24) is 0 Å². The van der Waals surface area contributed by atoms with E-state index in [1.165, 1.54) is 0 Å². The zero-order valence-corrected chi connectivity index (χ0v) is 4.17. The van der Waals surface area contributed by atoms with Gasteiger partial charge in [-0.15, -0.1) is 0 Å². The maximum absolute atomic E-state index is 8.29. The Morgan fingerprint density at radius 2 is 1.00 bits per heavy atom. The third-order valence-electron chi connectivity index (χ3n) is 0. The molecule has 0 atom stereocenters. The zero-order valence-electron chi connectivity index (χ0n) is 3.36. The average Bonchev–Trinajstić information content (AvgIpc) is 1.75. The van der Waals surface area contributed by atoms with Crippen molar-refractivity contribution in [3.63, 3.8) is 0 Å². The molecule has 0 spiro atoms. The highest BCUT2D eigenvalue weighted by Gasteiger charge is 1.13. The predicted molar refractivity (Wildman–Crippen MR) is 20.7 cm³/mol. The van der Waals surface area contributed by atoms with E-state index in [9.17, 15) is 0 Å². The molecule has 0 N–H and O–H groups in total. The van der Waals surface area contributed by atoms with E-state index in [1.807, 2.05) is 0 Å².